The van der Waals surface area contributed by atoms with Crippen LogP contribution in [0, 0.1) is 0 Å². The predicted octanol–water partition coefficient (Wildman–Crippen LogP) is 2.14. The van der Waals surface area contributed by atoms with Crippen LogP contribution in [0.15, 0.2) is 29.2 Å². The van der Waals surface area contributed by atoms with Crippen molar-refractivity contribution in [1.29, 1.82) is 0 Å². The summed E-state index contributed by atoms with van der Waals surface area (Å²) in [6.45, 7) is 9.18. The van der Waals surface area contributed by atoms with Gasteiger partial charge in [-0.25, -0.2) is 0 Å². The normalized spacial score (nSPS) is 10.9. The van der Waals surface area contributed by atoms with Gasteiger partial charge in [-0.1, -0.05) is 13.0 Å². The van der Waals surface area contributed by atoms with E-state index in [4.69, 9.17) is 10.2 Å². The maximum Gasteiger partial charge on any atom is 0.118 e. The third-order valence-electron chi connectivity index (χ3n) is 2.23. The van der Waals surface area contributed by atoms with E-state index in [0.717, 1.165) is 37.6 Å². The van der Waals surface area contributed by atoms with Gasteiger partial charge in [-0.15, -0.1) is 6.58 Å². The first kappa shape index (κ1) is 12.0. The molecule has 0 aliphatic carbocycles. The molecule has 0 aliphatic heterocycles. The van der Waals surface area contributed by atoms with Crippen LogP contribution in [-0.2, 0) is 13.1 Å². The third kappa shape index (κ3) is 3.90. The fourth-order valence-corrected chi connectivity index (χ4v) is 1.57. The van der Waals surface area contributed by atoms with E-state index in [1.807, 2.05) is 18.2 Å². The highest BCUT2D eigenvalue weighted by Gasteiger charge is 2.06. The summed E-state index contributed by atoms with van der Waals surface area (Å²) >= 11 is 0. The second kappa shape index (κ2) is 6.43. The fraction of sp³-hybridized carbons (Fsp3) is 0.500. The molecule has 15 heavy (non-hydrogen) atoms. The lowest BCUT2D eigenvalue weighted by Gasteiger charge is -2.17. The van der Waals surface area contributed by atoms with Gasteiger partial charge in [0.05, 0.1) is 13.1 Å². The van der Waals surface area contributed by atoms with E-state index in [-0.39, 0.29) is 0 Å². The molecule has 3 nitrogen and oxygen atoms in total. The highest BCUT2D eigenvalue weighted by Crippen LogP contribution is 2.10. The Morgan fingerprint density at radius 3 is 2.73 bits per heavy atom. The van der Waals surface area contributed by atoms with Crippen molar-refractivity contribution in [1.82, 2.24) is 4.90 Å². The molecular weight excluding hydrogens is 188 g/mol. The Morgan fingerprint density at radius 2 is 2.20 bits per heavy atom. The van der Waals surface area contributed by atoms with Gasteiger partial charge in [0.2, 0.25) is 0 Å². The zero-order chi connectivity index (χ0) is 11.1. The largest absolute Gasteiger partial charge is 0.463 e. The van der Waals surface area contributed by atoms with Gasteiger partial charge >= 0.3 is 0 Å². The fourth-order valence-electron chi connectivity index (χ4n) is 1.57. The van der Waals surface area contributed by atoms with E-state index < -0.39 is 0 Å². The Kier molecular flexibility index (Phi) is 5.15. The number of nitrogens with two attached hydrogens (primary N) is 1. The van der Waals surface area contributed by atoms with E-state index in [9.17, 15) is 0 Å². The third-order valence-corrected chi connectivity index (χ3v) is 2.23. The van der Waals surface area contributed by atoms with Crippen LogP contribution in [0.2, 0.25) is 0 Å². The van der Waals surface area contributed by atoms with Gasteiger partial charge in [-0.05, 0) is 25.1 Å². The summed E-state index contributed by atoms with van der Waals surface area (Å²) in [4.78, 5) is 2.30. The average Bonchev–Trinajstić information content (AvgIpc) is 2.66. The molecule has 0 saturated carbocycles. The summed E-state index contributed by atoms with van der Waals surface area (Å²) in [5, 5.41) is 0. The molecule has 0 fully saturated rings. The Balaban J connectivity index is 2.52. The minimum Gasteiger partial charge on any atom is -0.463 e. The van der Waals surface area contributed by atoms with Gasteiger partial charge in [-0.2, -0.15) is 0 Å². The van der Waals surface area contributed by atoms with Crippen LogP contribution >= 0.6 is 0 Å². The van der Waals surface area contributed by atoms with Crippen molar-refractivity contribution in [2.75, 3.05) is 13.1 Å². The highest BCUT2D eigenvalue weighted by molar-refractivity contribution is 5.06. The van der Waals surface area contributed by atoms with Crippen molar-refractivity contribution in [2.45, 2.75) is 26.4 Å². The molecule has 0 spiro atoms. The van der Waals surface area contributed by atoms with E-state index in [0.29, 0.717) is 6.54 Å². The van der Waals surface area contributed by atoms with Gasteiger partial charge < -0.3 is 10.2 Å². The van der Waals surface area contributed by atoms with Gasteiger partial charge in [0, 0.05) is 6.54 Å². The van der Waals surface area contributed by atoms with Crippen molar-refractivity contribution in [3.05, 3.63) is 36.3 Å². The molecule has 84 valence electrons. The Morgan fingerprint density at radius 1 is 1.47 bits per heavy atom. The average molecular weight is 208 g/mol. The van der Waals surface area contributed by atoms with Gasteiger partial charge in [0.25, 0.3) is 0 Å². The minimum atomic E-state index is 0.467. The van der Waals surface area contributed by atoms with Crippen LogP contribution < -0.4 is 5.73 Å². The van der Waals surface area contributed by atoms with Crippen LogP contribution in [-0.4, -0.2) is 18.0 Å². The molecule has 0 unspecified atom stereocenters. The maximum atomic E-state index is 5.55. The zero-order valence-electron chi connectivity index (χ0n) is 9.41. The molecule has 0 saturated heterocycles. The predicted molar refractivity (Wildman–Crippen MR) is 62.4 cm³/mol. The quantitative estimate of drug-likeness (QED) is 0.698. The summed E-state index contributed by atoms with van der Waals surface area (Å²) in [5.41, 5.74) is 5.49. The van der Waals surface area contributed by atoms with Crippen molar-refractivity contribution >= 4 is 0 Å². The molecule has 1 aromatic rings. The summed E-state index contributed by atoms with van der Waals surface area (Å²) in [7, 11) is 0. The van der Waals surface area contributed by atoms with Crippen LogP contribution in [0.25, 0.3) is 0 Å². The van der Waals surface area contributed by atoms with Crippen molar-refractivity contribution < 1.29 is 4.42 Å². The van der Waals surface area contributed by atoms with Crippen LogP contribution in [0.5, 0.6) is 0 Å². The smallest absolute Gasteiger partial charge is 0.118 e. The number of hydrogen-bond donors (Lipinski definition) is 1. The summed E-state index contributed by atoms with van der Waals surface area (Å²) in [6.07, 6.45) is 3.06. The Hall–Kier alpha value is -1.06. The number of hydrogen-bond acceptors (Lipinski definition) is 3. The van der Waals surface area contributed by atoms with Crippen molar-refractivity contribution in [3.8, 4) is 0 Å². The molecular formula is C12H20N2O. The molecule has 0 radical (unpaired) electrons. The SMILES string of the molecule is C=CCN(CCC)Cc1ccc(CN)o1. The topological polar surface area (TPSA) is 42.4 Å². The second-order valence-corrected chi connectivity index (χ2v) is 3.60. The van der Waals surface area contributed by atoms with Crippen LogP contribution in [0.3, 0.4) is 0 Å². The molecule has 0 atom stereocenters. The summed E-state index contributed by atoms with van der Waals surface area (Å²) in [6, 6.07) is 3.93. The molecule has 3 heteroatoms. The van der Waals surface area contributed by atoms with E-state index >= 15 is 0 Å². The monoisotopic (exact) mass is 208 g/mol. The number of nitrogens with zero attached hydrogens (tertiary/aromatic N) is 1. The van der Waals surface area contributed by atoms with E-state index in [2.05, 4.69) is 18.4 Å². The second-order valence-electron chi connectivity index (χ2n) is 3.60. The van der Waals surface area contributed by atoms with Gasteiger partial charge in [0.1, 0.15) is 11.5 Å². The van der Waals surface area contributed by atoms with Gasteiger partial charge in [0.15, 0.2) is 0 Å². The van der Waals surface area contributed by atoms with E-state index in [1.54, 1.807) is 0 Å². The molecule has 0 aliphatic rings. The molecule has 1 aromatic heterocycles. The molecule has 0 aromatic carbocycles. The Labute approximate surface area is 91.6 Å². The maximum absolute atomic E-state index is 5.55. The minimum absolute atomic E-state index is 0.467. The zero-order valence-corrected chi connectivity index (χ0v) is 9.41. The lowest BCUT2D eigenvalue weighted by Crippen LogP contribution is -2.23. The van der Waals surface area contributed by atoms with Gasteiger partial charge in [-0.3, -0.25) is 4.90 Å². The summed E-state index contributed by atoms with van der Waals surface area (Å²) < 4.78 is 5.55. The van der Waals surface area contributed by atoms with Crippen molar-refractivity contribution in [2.24, 2.45) is 5.73 Å². The number of furan rings is 1. The first-order chi connectivity index (χ1) is 7.30. The molecule has 0 bridgehead atoms. The first-order valence-corrected chi connectivity index (χ1v) is 5.41. The molecule has 0 amide bonds. The molecule has 1 heterocycles. The number of rotatable bonds is 7. The van der Waals surface area contributed by atoms with Crippen LogP contribution in [0.1, 0.15) is 24.9 Å². The Bertz CT molecular complexity index is 294. The first-order valence-electron chi connectivity index (χ1n) is 5.41. The standard InChI is InChI=1S/C12H20N2O/c1-3-7-14(8-4-2)10-12-6-5-11(9-13)15-12/h3,5-6H,1,4,7-10,13H2,2H3. The lowest BCUT2D eigenvalue weighted by atomic mass is 10.3. The van der Waals surface area contributed by atoms with E-state index in [1.165, 1.54) is 0 Å². The molecule has 1 rings (SSSR count). The summed E-state index contributed by atoms with van der Waals surface area (Å²) in [5.74, 6) is 1.82. The lowest BCUT2D eigenvalue weighted by molar-refractivity contribution is 0.265. The highest BCUT2D eigenvalue weighted by atomic mass is 16.3. The van der Waals surface area contributed by atoms with Crippen LogP contribution in [0.4, 0.5) is 0 Å². The van der Waals surface area contributed by atoms with Crippen molar-refractivity contribution in [3.63, 3.8) is 0 Å². The molecule has 2 N–H and O–H groups in total.